The highest BCUT2D eigenvalue weighted by molar-refractivity contribution is 14.0. The smallest absolute Gasteiger partial charge is 0.191 e. The van der Waals surface area contributed by atoms with E-state index in [4.69, 9.17) is 4.74 Å². The first kappa shape index (κ1) is 20.0. The number of nitrogens with one attached hydrogen (secondary N) is 2. The van der Waals surface area contributed by atoms with Crippen LogP contribution < -0.4 is 10.6 Å². The third-order valence-electron chi connectivity index (χ3n) is 4.24. The van der Waals surface area contributed by atoms with Gasteiger partial charge in [0.2, 0.25) is 0 Å². The van der Waals surface area contributed by atoms with Crippen molar-refractivity contribution in [3.63, 3.8) is 0 Å². The molecule has 0 atom stereocenters. The second-order valence-corrected chi connectivity index (χ2v) is 6.37. The SMILES string of the molecule is CCNC(=NCCCCCOC1CCCCC1)NC1CC1.I. The lowest BCUT2D eigenvalue weighted by Gasteiger charge is -2.21. The largest absolute Gasteiger partial charge is 0.378 e. The molecule has 2 aliphatic carbocycles. The minimum atomic E-state index is 0. The second kappa shape index (κ2) is 12.4. The minimum absolute atomic E-state index is 0. The molecule has 130 valence electrons. The zero-order valence-corrected chi connectivity index (χ0v) is 16.4. The maximum Gasteiger partial charge on any atom is 0.191 e. The lowest BCUT2D eigenvalue weighted by molar-refractivity contribution is 0.0264. The summed E-state index contributed by atoms with van der Waals surface area (Å²) in [6.45, 7) is 4.92. The monoisotopic (exact) mass is 423 g/mol. The predicted octanol–water partition coefficient (Wildman–Crippen LogP) is 3.84. The summed E-state index contributed by atoms with van der Waals surface area (Å²) in [6.07, 6.45) is 13.4. The van der Waals surface area contributed by atoms with E-state index in [2.05, 4.69) is 22.5 Å². The summed E-state index contributed by atoms with van der Waals surface area (Å²) in [6, 6.07) is 0.673. The van der Waals surface area contributed by atoms with Gasteiger partial charge in [0, 0.05) is 25.7 Å². The summed E-state index contributed by atoms with van der Waals surface area (Å²) in [7, 11) is 0. The Balaban J connectivity index is 0.00000242. The molecule has 0 saturated heterocycles. The Labute approximate surface area is 153 Å². The first-order valence-electron chi connectivity index (χ1n) is 9.05. The number of hydrogen-bond acceptors (Lipinski definition) is 2. The number of hydrogen-bond donors (Lipinski definition) is 2. The highest BCUT2D eigenvalue weighted by atomic mass is 127. The predicted molar refractivity (Wildman–Crippen MR) is 104 cm³/mol. The number of halogens is 1. The zero-order chi connectivity index (χ0) is 14.8. The molecule has 5 heteroatoms. The van der Waals surface area contributed by atoms with Crippen molar-refractivity contribution in [1.82, 2.24) is 10.6 Å². The Bertz CT molecular complexity index is 302. The van der Waals surface area contributed by atoms with Gasteiger partial charge in [0.25, 0.3) is 0 Å². The van der Waals surface area contributed by atoms with Crippen LogP contribution in [0.4, 0.5) is 0 Å². The van der Waals surface area contributed by atoms with Gasteiger partial charge in [0.1, 0.15) is 0 Å². The van der Waals surface area contributed by atoms with E-state index < -0.39 is 0 Å². The summed E-state index contributed by atoms with van der Waals surface area (Å²) >= 11 is 0. The Kier molecular flexibility index (Phi) is 11.3. The quantitative estimate of drug-likeness (QED) is 0.256. The number of guanidine groups is 1. The molecule has 2 N–H and O–H groups in total. The van der Waals surface area contributed by atoms with Crippen LogP contribution in [0.15, 0.2) is 4.99 Å². The summed E-state index contributed by atoms with van der Waals surface area (Å²) < 4.78 is 5.95. The molecule has 0 aromatic carbocycles. The van der Waals surface area contributed by atoms with Crippen LogP contribution in [0.5, 0.6) is 0 Å². The topological polar surface area (TPSA) is 45.7 Å². The number of aliphatic imine (C=N–C) groups is 1. The summed E-state index contributed by atoms with van der Waals surface area (Å²) in [4.78, 5) is 4.63. The Hall–Kier alpha value is -0.0400. The van der Waals surface area contributed by atoms with E-state index in [0.29, 0.717) is 12.1 Å². The minimum Gasteiger partial charge on any atom is -0.378 e. The van der Waals surface area contributed by atoms with Crippen LogP contribution in [0.3, 0.4) is 0 Å². The standard InChI is InChI=1S/C17H33N3O.HI/c1-2-18-17(20-15-11-12-15)19-13-7-4-8-14-21-16-9-5-3-6-10-16;/h15-16H,2-14H2,1H3,(H2,18,19,20);1H. The van der Waals surface area contributed by atoms with Gasteiger partial charge >= 0.3 is 0 Å². The summed E-state index contributed by atoms with van der Waals surface area (Å²) in [5, 5.41) is 6.76. The average Bonchev–Trinajstić information content (AvgIpc) is 3.31. The van der Waals surface area contributed by atoms with Crippen molar-refractivity contribution < 1.29 is 4.74 Å². The number of nitrogens with zero attached hydrogens (tertiary/aromatic N) is 1. The number of unbranched alkanes of at least 4 members (excludes halogenated alkanes) is 2. The third kappa shape index (κ3) is 9.18. The molecule has 0 aromatic heterocycles. The van der Waals surface area contributed by atoms with Gasteiger partial charge in [-0.25, -0.2) is 0 Å². The fourth-order valence-electron chi connectivity index (χ4n) is 2.80. The molecule has 0 bridgehead atoms. The van der Waals surface area contributed by atoms with Crippen molar-refractivity contribution >= 4 is 29.9 Å². The van der Waals surface area contributed by atoms with E-state index in [1.54, 1.807) is 0 Å². The molecule has 0 amide bonds. The van der Waals surface area contributed by atoms with Crippen LogP contribution in [0.25, 0.3) is 0 Å². The lowest BCUT2D eigenvalue weighted by Crippen LogP contribution is -2.38. The van der Waals surface area contributed by atoms with Crippen LogP contribution in [0.1, 0.15) is 71.1 Å². The van der Waals surface area contributed by atoms with Crippen LogP contribution in [0, 0.1) is 0 Å². The number of rotatable bonds is 9. The van der Waals surface area contributed by atoms with Crippen molar-refractivity contribution in [2.45, 2.75) is 83.3 Å². The third-order valence-corrected chi connectivity index (χ3v) is 4.24. The van der Waals surface area contributed by atoms with E-state index in [0.717, 1.165) is 32.1 Å². The van der Waals surface area contributed by atoms with Crippen LogP contribution in [-0.2, 0) is 4.74 Å². The average molecular weight is 423 g/mol. The highest BCUT2D eigenvalue weighted by Crippen LogP contribution is 2.20. The maximum absolute atomic E-state index is 5.95. The van der Waals surface area contributed by atoms with Crippen molar-refractivity contribution in [2.75, 3.05) is 19.7 Å². The molecule has 2 rings (SSSR count). The molecule has 0 radical (unpaired) electrons. The molecule has 2 aliphatic rings. The lowest BCUT2D eigenvalue weighted by atomic mass is 9.98. The maximum atomic E-state index is 5.95. The van der Waals surface area contributed by atoms with Gasteiger partial charge in [-0.1, -0.05) is 19.3 Å². The molecule has 0 spiro atoms. The van der Waals surface area contributed by atoms with Crippen molar-refractivity contribution in [2.24, 2.45) is 4.99 Å². The zero-order valence-electron chi connectivity index (χ0n) is 14.1. The first-order chi connectivity index (χ1) is 10.4. The second-order valence-electron chi connectivity index (χ2n) is 6.37. The number of ether oxygens (including phenoxy) is 1. The Morgan fingerprint density at radius 2 is 1.82 bits per heavy atom. The summed E-state index contributed by atoms with van der Waals surface area (Å²) in [5.74, 6) is 0.999. The van der Waals surface area contributed by atoms with Gasteiger partial charge in [-0.05, 0) is 51.9 Å². The van der Waals surface area contributed by atoms with Crippen molar-refractivity contribution in [3.8, 4) is 0 Å². The van der Waals surface area contributed by atoms with E-state index >= 15 is 0 Å². The van der Waals surface area contributed by atoms with Gasteiger partial charge in [-0.15, -0.1) is 24.0 Å². The first-order valence-corrected chi connectivity index (χ1v) is 9.05. The molecular weight excluding hydrogens is 389 g/mol. The Morgan fingerprint density at radius 3 is 2.50 bits per heavy atom. The van der Waals surface area contributed by atoms with Crippen LogP contribution in [-0.4, -0.2) is 37.8 Å². The molecule has 4 nitrogen and oxygen atoms in total. The fraction of sp³-hybridized carbons (Fsp3) is 0.941. The molecule has 0 heterocycles. The van der Waals surface area contributed by atoms with E-state index in [9.17, 15) is 0 Å². The van der Waals surface area contributed by atoms with Gasteiger partial charge in [0.15, 0.2) is 5.96 Å². The molecular formula is C17H34IN3O. The molecule has 0 aromatic rings. The van der Waals surface area contributed by atoms with E-state index in [1.165, 1.54) is 57.8 Å². The highest BCUT2D eigenvalue weighted by Gasteiger charge is 2.21. The van der Waals surface area contributed by atoms with Gasteiger partial charge in [-0.3, -0.25) is 4.99 Å². The van der Waals surface area contributed by atoms with Gasteiger partial charge < -0.3 is 15.4 Å². The molecule has 2 saturated carbocycles. The normalized spacial score (nSPS) is 19.6. The van der Waals surface area contributed by atoms with E-state index in [-0.39, 0.29) is 24.0 Å². The molecule has 0 unspecified atom stereocenters. The Morgan fingerprint density at radius 1 is 1.05 bits per heavy atom. The van der Waals surface area contributed by atoms with Crippen LogP contribution in [0.2, 0.25) is 0 Å². The van der Waals surface area contributed by atoms with Crippen molar-refractivity contribution in [3.05, 3.63) is 0 Å². The van der Waals surface area contributed by atoms with Gasteiger partial charge in [0.05, 0.1) is 6.10 Å². The van der Waals surface area contributed by atoms with Crippen molar-refractivity contribution in [1.29, 1.82) is 0 Å². The van der Waals surface area contributed by atoms with E-state index in [1.807, 2.05) is 0 Å². The molecule has 2 fully saturated rings. The molecule has 0 aliphatic heterocycles. The summed E-state index contributed by atoms with van der Waals surface area (Å²) in [5.41, 5.74) is 0. The fourth-order valence-corrected chi connectivity index (χ4v) is 2.80. The molecule has 22 heavy (non-hydrogen) atoms. The van der Waals surface area contributed by atoms with Crippen LogP contribution >= 0.6 is 24.0 Å². The van der Waals surface area contributed by atoms with Gasteiger partial charge in [-0.2, -0.15) is 0 Å².